The van der Waals surface area contributed by atoms with Crippen molar-refractivity contribution in [2.75, 3.05) is 34.3 Å². The van der Waals surface area contributed by atoms with Crippen molar-refractivity contribution >= 4 is 5.91 Å². The van der Waals surface area contributed by atoms with Crippen LogP contribution < -0.4 is 4.74 Å². The molecule has 4 rings (SSSR count). The minimum absolute atomic E-state index is 0.0700. The molecule has 4 heterocycles. The lowest BCUT2D eigenvalue weighted by Gasteiger charge is -2.39. The van der Waals surface area contributed by atoms with Crippen molar-refractivity contribution < 1.29 is 14.1 Å². The van der Waals surface area contributed by atoms with E-state index >= 15 is 0 Å². The highest BCUT2D eigenvalue weighted by Crippen LogP contribution is 2.31. The number of nitrogens with zero attached hydrogens (tertiary/aromatic N) is 6. The molecule has 0 spiro atoms. The fraction of sp³-hybridized carbons (Fsp3) is 0.381. The summed E-state index contributed by atoms with van der Waals surface area (Å²) in [7, 11) is 5.60. The van der Waals surface area contributed by atoms with Crippen LogP contribution in [0, 0.1) is 0 Å². The van der Waals surface area contributed by atoms with E-state index in [0.29, 0.717) is 36.2 Å². The molecule has 156 valence electrons. The van der Waals surface area contributed by atoms with Gasteiger partial charge in [-0.3, -0.25) is 9.78 Å². The summed E-state index contributed by atoms with van der Waals surface area (Å²) in [4.78, 5) is 29.9. The SMILES string of the molecule is COc1ccc(C(=O)N2CC[C@@H](N(C)C)[C@@H](c3nc(-c4cccnc4)no3)C2)cn1. The highest BCUT2D eigenvalue weighted by Gasteiger charge is 2.37. The third-order valence-corrected chi connectivity index (χ3v) is 5.40. The number of hydrogen-bond donors (Lipinski definition) is 0. The van der Waals surface area contributed by atoms with Crippen molar-refractivity contribution in [1.29, 1.82) is 0 Å². The van der Waals surface area contributed by atoms with Crippen LogP contribution in [0.25, 0.3) is 11.4 Å². The zero-order chi connectivity index (χ0) is 21.1. The summed E-state index contributed by atoms with van der Waals surface area (Å²) >= 11 is 0. The van der Waals surface area contributed by atoms with Crippen molar-refractivity contribution in [3.8, 4) is 17.3 Å². The van der Waals surface area contributed by atoms with Gasteiger partial charge in [0.15, 0.2) is 0 Å². The first kappa shape index (κ1) is 20.0. The highest BCUT2D eigenvalue weighted by atomic mass is 16.5. The van der Waals surface area contributed by atoms with Crippen LogP contribution >= 0.6 is 0 Å². The Morgan fingerprint density at radius 2 is 2.13 bits per heavy atom. The lowest BCUT2D eigenvalue weighted by Crippen LogP contribution is -2.49. The minimum atomic E-state index is -0.0955. The van der Waals surface area contributed by atoms with E-state index in [1.54, 1.807) is 37.8 Å². The zero-order valence-corrected chi connectivity index (χ0v) is 17.2. The maximum atomic E-state index is 13.0. The van der Waals surface area contributed by atoms with E-state index in [0.717, 1.165) is 12.0 Å². The summed E-state index contributed by atoms with van der Waals surface area (Å²) in [5.41, 5.74) is 1.32. The third kappa shape index (κ3) is 4.02. The molecule has 3 aromatic heterocycles. The second-order valence-electron chi connectivity index (χ2n) is 7.46. The summed E-state index contributed by atoms with van der Waals surface area (Å²) in [6.07, 6.45) is 5.75. The average Bonchev–Trinajstić information content (AvgIpc) is 3.29. The van der Waals surface area contributed by atoms with Crippen LogP contribution in [0.15, 0.2) is 47.4 Å². The standard InChI is InChI=1S/C21H24N6O3/c1-26(2)17-8-10-27(21(28)15-6-7-18(29-3)23-12-15)13-16(17)20-24-19(25-30-20)14-5-4-9-22-11-14/h4-7,9,11-12,16-17H,8,10,13H2,1-3H3/t16-,17+/m0/s1. The van der Waals surface area contributed by atoms with E-state index in [1.165, 1.54) is 0 Å². The van der Waals surface area contributed by atoms with E-state index in [9.17, 15) is 4.79 Å². The Labute approximate surface area is 174 Å². The second-order valence-corrected chi connectivity index (χ2v) is 7.46. The van der Waals surface area contributed by atoms with Gasteiger partial charge in [0.05, 0.1) is 18.6 Å². The number of rotatable bonds is 5. The molecule has 0 aliphatic carbocycles. The van der Waals surface area contributed by atoms with Gasteiger partial charge < -0.3 is 19.1 Å². The molecule has 0 radical (unpaired) electrons. The van der Waals surface area contributed by atoms with E-state index < -0.39 is 0 Å². The average molecular weight is 408 g/mol. The Bertz CT molecular complexity index is 989. The monoisotopic (exact) mass is 408 g/mol. The summed E-state index contributed by atoms with van der Waals surface area (Å²) in [6, 6.07) is 7.32. The molecule has 0 aromatic carbocycles. The Kier molecular flexibility index (Phi) is 5.71. The van der Waals surface area contributed by atoms with Crippen LogP contribution in [0.1, 0.15) is 28.6 Å². The van der Waals surface area contributed by atoms with Gasteiger partial charge in [-0.1, -0.05) is 5.16 Å². The summed E-state index contributed by atoms with van der Waals surface area (Å²) in [5, 5.41) is 4.13. The molecule has 1 aliphatic rings. The van der Waals surface area contributed by atoms with E-state index in [-0.39, 0.29) is 17.9 Å². The number of methoxy groups -OCH3 is 1. The fourth-order valence-corrected chi connectivity index (χ4v) is 3.79. The Balaban J connectivity index is 1.57. The van der Waals surface area contributed by atoms with E-state index in [1.807, 2.05) is 31.1 Å². The van der Waals surface area contributed by atoms with Crippen LogP contribution in [-0.2, 0) is 0 Å². The number of aromatic nitrogens is 4. The van der Waals surface area contributed by atoms with Crippen molar-refractivity contribution in [1.82, 2.24) is 29.9 Å². The second kappa shape index (κ2) is 8.58. The van der Waals surface area contributed by atoms with Gasteiger partial charge in [-0.2, -0.15) is 4.98 Å². The van der Waals surface area contributed by atoms with Crippen molar-refractivity contribution in [3.05, 3.63) is 54.3 Å². The Morgan fingerprint density at radius 3 is 2.80 bits per heavy atom. The molecule has 9 heteroatoms. The molecular weight excluding hydrogens is 384 g/mol. The molecule has 2 atom stereocenters. The quantitative estimate of drug-likeness (QED) is 0.633. The molecule has 1 fully saturated rings. The predicted molar refractivity (Wildman–Crippen MR) is 109 cm³/mol. The maximum absolute atomic E-state index is 13.0. The van der Waals surface area contributed by atoms with Crippen molar-refractivity contribution in [2.24, 2.45) is 0 Å². The first-order valence-corrected chi connectivity index (χ1v) is 9.76. The number of amides is 1. The number of piperidine rings is 1. The normalized spacial score (nSPS) is 19.1. The molecule has 0 N–H and O–H groups in total. The van der Waals surface area contributed by atoms with Gasteiger partial charge in [0.2, 0.25) is 17.6 Å². The van der Waals surface area contributed by atoms with Crippen molar-refractivity contribution in [2.45, 2.75) is 18.4 Å². The maximum Gasteiger partial charge on any atom is 0.255 e. The number of pyridine rings is 2. The largest absolute Gasteiger partial charge is 0.481 e. The van der Waals surface area contributed by atoms with Crippen LogP contribution in [0.5, 0.6) is 5.88 Å². The smallest absolute Gasteiger partial charge is 0.255 e. The fourth-order valence-electron chi connectivity index (χ4n) is 3.79. The predicted octanol–water partition coefficient (Wildman–Crippen LogP) is 2.10. The third-order valence-electron chi connectivity index (χ3n) is 5.40. The molecule has 1 amide bonds. The van der Waals surface area contributed by atoms with Crippen molar-refractivity contribution in [3.63, 3.8) is 0 Å². The van der Waals surface area contributed by atoms with Gasteiger partial charge in [0.25, 0.3) is 5.91 Å². The molecule has 30 heavy (non-hydrogen) atoms. The van der Waals surface area contributed by atoms with Gasteiger partial charge in [-0.15, -0.1) is 0 Å². The molecule has 1 aliphatic heterocycles. The van der Waals surface area contributed by atoms with Crippen LogP contribution in [-0.4, -0.2) is 76.2 Å². The lowest BCUT2D eigenvalue weighted by molar-refractivity contribution is 0.0589. The number of likely N-dealkylation sites (N-methyl/N-ethyl adjacent to an activating group) is 1. The molecule has 1 saturated heterocycles. The van der Waals surface area contributed by atoms with Crippen LogP contribution in [0.4, 0.5) is 0 Å². The number of carbonyl (C=O) groups excluding carboxylic acids is 1. The highest BCUT2D eigenvalue weighted by molar-refractivity contribution is 5.94. The Morgan fingerprint density at radius 1 is 1.27 bits per heavy atom. The van der Waals surface area contributed by atoms with Gasteiger partial charge in [-0.25, -0.2) is 4.98 Å². The van der Waals surface area contributed by atoms with Gasteiger partial charge in [0, 0.05) is 49.4 Å². The lowest BCUT2D eigenvalue weighted by atomic mass is 9.90. The summed E-state index contributed by atoms with van der Waals surface area (Å²) in [6.45, 7) is 1.14. The van der Waals surface area contributed by atoms with E-state index in [4.69, 9.17) is 9.26 Å². The molecule has 3 aromatic rings. The van der Waals surface area contributed by atoms with Gasteiger partial charge >= 0.3 is 0 Å². The number of likely N-dealkylation sites (tertiary alicyclic amines) is 1. The molecule has 0 saturated carbocycles. The van der Waals surface area contributed by atoms with Gasteiger partial charge in [-0.05, 0) is 38.7 Å². The molecule has 9 nitrogen and oxygen atoms in total. The number of carbonyl (C=O) groups is 1. The number of ether oxygens (including phenoxy) is 1. The van der Waals surface area contributed by atoms with Gasteiger partial charge in [0.1, 0.15) is 0 Å². The summed E-state index contributed by atoms with van der Waals surface area (Å²) in [5.74, 6) is 1.34. The first-order valence-electron chi connectivity index (χ1n) is 9.76. The molecule has 0 bridgehead atoms. The topological polar surface area (TPSA) is 97.5 Å². The van der Waals surface area contributed by atoms with E-state index in [2.05, 4.69) is 25.0 Å². The summed E-state index contributed by atoms with van der Waals surface area (Å²) < 4.78 is 10.7. The minimum Gasteiger partial charge on any atom is -0.481 e. The molecular formula is C21H24N6O3. The zero-order valence-electron chi connectivity index (χ0n) is 17.2. The van der Waals surface area contributed by atoms with Crippen LogP contribution in [0.2, 0.25) is 0 Å². The number of hydrogen-bond acceptors (Lipinski definition) is 8. The first-order chi connectivity index (χ1) is 14.6. The van der Waals surface area contributed by atoms with Crippen LogP contribution in [0.3, 0.4) is 0 Å². The molecule has 0 unspecified atom stereocenters. The Hall–Kier alpha value is -3.33.